The number of cyclic esters (lactones) is 1. The maximum absolute atomic E-state index is 12.7. The lowest BCUT2D eigenvalue weighted by atomic mass is 9.93. The third-order valence-corrected chi connectivity index (χ3v) is 3.74. The summed E-state index contributed by atoms with van der Waals surface area (Å²) in [5.41, 5.74) is 0.934. The molecule has 1 saturated heterocycles. The van der Waals surface area contributed by atoms with E-state index in [4.69, 9.17) is 9.47 Å². The molecule has 1 aliphatic rings. The predicted octanol–water partition coefficient (Wildman–Crippen LogP) is 2.48. The van der Waals surface area contributed by atoms with E-state index in [0.717, 1.165) is 0 Å². The Kier molecular flexibility index (Phi) is 4.24. The third-order valence-electron chi connectivity index (χ3n) is 3.74. The highest BCUT2D eigenvalue weighted by Gasteiger charge is 2.44. The molecule has 0 spiro atoms. The maximum atomic E-state index is 12.7. The summed E-state index contributed by atoms with van der Waals surface area (Å²) >= 11 is 0. The van der Waals surface area contributed by atoms with Gasteiger partial charge in [0, 0.05) is 0 Å². The Morgan fingerprint density at radius 3 is 2.12 bits per heavy atom. The number of allylic oxidation sites excluding steroid dienone is 1. The summed E-state index contributed by atoms with van der Waals surface area (Å²) in [6, 6.07) is 17.1. The number of carbonyl (C=O) groups excluding carboxylic acids is 3. The minimum atomic E-state index is -1.07. The molecule has 120 valence electrons. The molecule has 1 unspecified atom stereocenters. The molecular weight excluding hydrogens is 308 g/mol. The number of ketones is 1. The fraction of sp³-hybridized carbons (Fsp3) is 0.105. The Bertz CT molecular complexity index is 821. The molecule has 2 aromatic carbocycles. The van der Waals surface area contributed by atoms with E-state index in [2.05, 4.69) is 0 Å². The van der Waals surface area contributed by atoms with Gasteiger partial charge in [0.1, 0.15) is 11.5 Å². The van der Waals surface area contributed by atoms with Crippen molar-refractivity contribution in [1.82, 2.24) is 0 Å². The fourth-order valence-corrected chi connectivity index (χ4v) is 2.60. The van der Waals surface area contributed by atoms with Crippen LogP contribution in [0.5, 0.6) is 0 Å². The molecule has 0 aromatic heterocycles. The highest BCUT2D eigenvalue weighted by Crippen LogP contribution is 2.34. The lowest BCUT2D eigenvalue weighted by Gasteiger charge is -2.07. The number of ether oxygens (including phenoxy) is 2. The van der Waals surface area contributed by atoms with Gasteiger partial charge in [0.15, 0.2) is 5.76 Å². The standard InChI is InChI=1S/C19H14O5/c1-23-18(21)15(13-10-6-3-7-11-13)17-16(20)14(19(22)24-17)12-8-4-2-5-9-12/h2-11,14H,1H3/b17-15-. The molecule has 5 nitrogen and oxygen atoms in total. The second-order valence-corrected chi connectivity index (χ2v) is 5.19. The molecule has 1 atom stereocenters. The summed E-state index contributed by atoms with van der Waals surface area (Å²) in [6.45, 7) is 0. The van der Waals surface area contributed by atoms with Crippen molar-refractivity contribution in [3.05, 3.63) is 77.5 Å². The Morgan fingerprint density at radius 1 is 0.958 bits per heavy atom. The molecule has 0 radical (unpaired) electrons. The lowest BCUT2D eigenvalue weighted by molar-refractivity contribution is -0.137. The molecule has 24 heavy (non-hydrogen) atoms. The Morgan fingerprint density at radius 2 is 1.54 bits per heavy atom. The van der Waals surface area contributed by atoms with E-state index in [1.807, 2.05) is 0 Å². The first-order valence-electron chi connectivity index (χ1n) is 7.32. The van der Waals surface area contributed by atoms with Gasteiger partial charge in [0.25, 0.3) is 0 Å². The zero-order valence-corrected chi connectivity index (χ0v) is 12.9. The van der Waals surface area contributed by atoms with E-state index in [9.17, 15) is 14.4 Å². The minimum absolute atomic E-state index is 0.0464. The number of hydrogen-bond acceptors (Lipinski definition) is 5. The van der Waals surface area contributed by atoms with Gasteiger partial charge in [0.2, 0.25) is 5.78 Å². The number of Topliss-reactive ketones (excluding diaryl/α,β-unsaturated/α-hetero) is 1. The molecule has 1 heterocycles. The third kappa shape index (κ3) is 2.72. The van der Waals surface area contributed by atoms with Crippen LogP contribution < -0.4 is 0 Å². The SMILES string of the molecule is COC(=O)/C(=C1\OC(=O)C(c2ccccc2)C1=O)c1ccccc1. The first kappa shape index (κ1) is 15.7. The summed E-state index contributed by atoms with van der Waals surface area (Å²) in [7, 11) is 1.21. The number of benzene rings is 2. The van der Waals surface area contributed by atoms with Crippen LogP contribution in [-0.2, 0) is 23.9 Å². The second-order valence-electron chi connectivity index (χ2n) is 5.19. The summed E-state index contributed by atoms with van der Waals surface area (Å²) < 4.78 is 9.93. The molecule has 2 aromatic rings. The molecule has 0 N–H and O–H groups in total. The van der Waals surface area contributed by atoms with E-state index < -0.39 is 23.6 Å². The zero-order valence-electron chi connectivity index (χ0n) is 12.9. The van der Waals surface area contributed by atoms with Crippen molar-refractivity contribution in [3.63, 3.8) is 0 Å². The topological polar surface area (TPSA) is 69.7 Å². The molecule has 0 amide bonds. The maximum Gasteiger partial charge on any atom is 0.342 e. The Labute approximate surface area is 138 Å². The van der Waals surface area contributed by atoms with Crippen molar-refractivity contribution in [2.75, 3.05) is 7.11 Å². The van der Waals surface area contributed by atoms with Crippen LogP contribution in [0.4, 0.5) is 0 Å². The number of carbonyl (C=O) groups is 3. The number of esters is 2. The van der Waals surface area contributed by atoms with Crippen LogP contribution in [0.15, 0.2) is 66.4 Å². The predicted molar refractivity (Wildman–Crippen MR) is 85.7 cm³/mol. The van der Waals surface area contributed by atoms with Crippen LogP contribution in [0.1, 0.15) is 17.0 Å². The first-order chi connectivity index (χ1) is 11.6. The fourth-order valence-electron chi connectivity index (χ4n) is 2.60. The second kappa shape index (κ2) is 6.50. The van der Waals surface area contributed by atoms with Crippen molar-refractivity contribution in [2.24, 2.45) is 0 Å². The van der Waals surface area contributed by atoms with E-state index in [-0.39, 0.29) is 11.3 Å². The normalized spacial score (nSPS) is 19.0. The van der Waals surface area contributed by atoms with Crippen molar-refractivity contribution in [2.45, 2.75) is 5.92 Å². The van der Waals surface area contributed by atoms with Crippen LogP contribution >= 0.6 is 0 Å². The molecule has 0 aliphatic carbocycles. The quantitative estimate of drug-likeness (QED) is 0.493. The largest absolute Gasteiger partial charge is 0.465 e. The van der Waals surface area contributed by atoms with E-state index in [0.29, 0.717) is 11.1 Å². The summed E-state index contributed by atoms with van der Waals surface area (Å²) in [6.07, 6.45) is 0. The summed E-state index contributed by atoms with van der Waals surface area (Å²) in [5, 5.41) is 0. The van der Waals surface area contributed by atoms with Crippen molar-refractivity contribution in [1.29, 1.82) is 0 Å². The van der Waals surface area contributed by atoms with Crippen LogP contribution in [-0.4, -0.2) is 24.8 Å². The number of rotatable bonds is 3. The van der Waals surface area contributed by atoms with Crippen molar-refractivity contribution < 1.29 is 23.9 Å². The summed E-state index contributed by atoms with van der Waals surface area (Å²) in [4.78, 5) is 37.1. The minimum Gasteiger partial charge on any atom is -0.465 e. The van der Waals surface area contributed by atoms with Crippen LogP contribution in [0, 0.1) is 0 Å². The molecule has 3 rings (SSSR count). The highest BCUT2D eigenvalue weighted by molar-refractivity contribution is 6.29. The molecule has 5 heteroatoms. The molecule has 0 bridgehead atoms. The first-order valence-corrected chi connectivity index (χ1v) is 7.32. The van der Waals surface area contributed by atoms with Crippen LogP contribution in [0.3, 0.4) is 0 Å². The Balaban J connectivity index is 2.12. The van der Waals surface area contributed by atoms with Crippen molar-refractivity contribution >= 4 is 23.3 Å². The monoisotopic (exact) mass is 322 g/mol. The highest BCUT2D eigenvalue weighted by atomic mass is 16.6. The summed E-state index contributed by atoms with van der Waals surface area (Å²) in [5.74, 6) is -3.31. The van der Waals surface area contributed by atoms with Gasteiger partial charge in [-0.3, -0.25) is 9.59 Å². The van der Waals surface area contributed by atoms with E-state index >= 15 is 0 Å². The van der Waals surface area contributed by atoms with Crippen LogP contribution in [0.25, 0.3) is 5.57 Å². The van der Waals surface area contributed by atoms with Gasteiger partial charge in [0.05, 0.1) is 7.11 Å². The van der Waals surface area contributed by atoms with Gasteiger partial charge in [-0.05, 0) is 11.1 Å². The van der Waals surface area contributed by atoms with Gasteiger partial charge in [-0.25, -0.2) is 4.79 Å². The van der Waals surface area contributed by atoms with E-state index in [1.165, 1.54) is 7.11 Å². The number of methoxy groups -OCH3 is 1. The lowest BCUT2D eigenvalue weighted by Crippen LogP contribution is -2.14. The molecule has 1 fully saturated rings. The number of hydrogen-bond donors (Lipinski definition) is 0. The van der Waals surface area contributed by atoms with Gasteiger partial charge < -0.3 is 9.47 Å². The van der Waals surface area contributed by atoms with Gasteiger partial charge >= 0.3 is 11.9 Å². The molecule has 1 aliphatic heterocycles. The molecule has 0 saturated carbocycles. The van der Waals surface area contributed by atoms with Crippen LogP contribution in [0.2, 0.25) is 0 Å². The smallest absolute Gasteiger partial charge is 0.342 e. The average Bonchev–Trinajstić information content (AvgIpc) is 2.91. The van der Waals surface area contributed by atoms with Gasteiger partial charge in [-0.1, -0.05) is 60.7 Å². The van der Waals surface area contributed by atoms with Gasteiger partial charge in [-0.15, -0.1) is 0 Å². The average molecular weight is 322 g/mol. The van der Waals surface area contributed by atoms with Crippen molar-refractivity contribution in [3.8, 4) is 0 Å². The van der Waals surface area contributed by atoms with E-state index in [1.54, 1.807) is 60.7 Å². The van der Waals surface area contributed by atoms with Gasteiger partial charge in [-0.2, -0.15) is 0 Å². The Hall–Kier alpha value is -3.21. The molecular formula is C19H14O5. The zero-order chi connectivity index (χ0) is 17.1.